The summed E-state index contributed by atoms with van der Waals surface area (Å²) in [7, 11) is 0. The van der Waals surface area contributed by atoms with E-state index in [2.05, 4.69) is 47.9 Å². The molecule has 0 spiro atoms. The molecule has 5 aromatic carbocycles. The minimum Gasteiger partial charge on any atom is -0.508 e. The molecule has 0 fully saturated rings. The van der Waals surface area contributed by atoms with Crippen LogP contribution in [0.2, 0.25) is 0 Å². The smallest absolute Gasteiger partial charge is 0.408 e. The van der Waals surface area contributed by atoms with Gasteiger partial charge in [-0.25, -0.2) is 9.59 Å². The molecule has 0 heterocycles. The Balaban J connectivity index is 1.14. The van der Waals surface area contributed by atoms with Crippen molar-refractivity contribution in [3.63, 3.8) is 0 Å². The van der Waals surface area contributed by atoms with Crippen molar-refractivity contribution in [2.75, 3.05) is 26.2 Å². The molecule has 27 nitrogen and oxygen atoms in total. The van der Waals surface area contributed by atoms with Crippen LogP contribution in [0.5, 0.6) is 5.75 Å². The van der Waals surface area contributed by atoms with Gasteiger partial charge in [0.25, 0.3) is 5.91 Å². The second-order valence-electron chi connectivity index (χ2n) is 25.3. The van der Waals surface area contributed by atoms with Crippen molar-refractivity contribution in [1.82, 2.24) is 47.9 Å². The van der Waals surface area contributed by atoms with Gasteiger partial charge in [0.1, 0.15) is 60.3 Å². The number of phenolic OH excluding ortho intramolecular Hbond substituents is 1. The molecule has 12 N–H and O–H groups in total. The van der Waals surface area contributed by atoms with Crippen molar-refractivity contribution < 1.29 is 81.6 Å². The van der Waals surface area contributed by atoms with Crippen molar-refractivity contribution in [2.45, 2.75) is 166 Å². The molecular formula is C72H92N10O17. The summed E-state index contributed by atoms with van der Waals surface area (Å²) < 4.78 is 21.5. The number of carbonyl (C=O) groups is 12. The molecule has 27 heteroatoms. The van der Waals surface area contributed by atoms with Gasteiger partial charge in [-0.15, -0.1) is 0 Å². The molecule has 5 rings (SSSR count). The van der Waals surface area contributed by atoms with Crippen LogP contribution >= 0.6 is 0 Å². The van der Waals surface area contributed by atoms with Crippen LogP contribution < -0.4 is 53.6 Å². The molecule has 0 aliphatic carbocycles. The number of primary amides is 1. The summed E-state index contributed by atoms with van der Waals surface area (Å²) in [5, 5.41) is 33.5. The van der Waals surface area contributed by atoms with Gasteiger partial charge in [-0.3, -0.25) is 47.9 Å². The molecule has 5 aromatic rings. The number of esters is 2. The first-order valence-electron chi connectivity index (χ1n) is 32.7. The van der Waals surface area contributed by atoms with E-state index in [9.17, 15) is 62.6 Å². The van der Waals surface area contributed by atoms with Gasteiger partial charge in [0.15, 0.2) is 6.61 Å². The molecule has 0 bridgehead atoms. The number of rotatable bonds is 38. The molecule has 0 radical (unpaired) electrons. The van der Waals surface area contributed by atoms with Gasteiger partial charge in [-0.05, 0) is 120 Å². The zero-order chi connectivity index (χ0) is 72.3. The number of alkyl carbamates (subject to hydrolysis) is 2. The van der Waals surface area contributed by atoms with Gasteiger partial charge in [0, 0.05) is 38.8 Å². The van der Waals surface area contributed by atoms with Crippen molar-refractivity contribution in [3.8, 4) is 5.75 Å². The van der Waals surface area contributed by atoms with Crippen LogP contribution in [-0.2, 0) is 86.3 Å². The zero-order valence-electron chi connectivity index (χ0n) is 56.7. The molecule has 0 aliphatic rings. The summed E-state index contributed by atoms with van der Waals surface area (Å²) in [6, 6.07) is 34.2. The van der Waals surface area contributed by atoms with E-state index in [0.717, 1.165) is 11.1 Å². The van der Waals surface area contributed by atoms with Gasteiger partial charge in [0.2, 0.25) is 41.4 Å². The van der Waals surface area contributed by atoms with E-state index in [0.29, 0.717) is 16.7 Å². The quantitative estimate of drug-likeness (QED) is 0.0141. The highest BCUT2D eigenvalue weighted by atomic mass is 16.6. The van der Waals surface area contributed by atoms with E-state index in [-0.39, 0.29) is 101 Å². The second kappa shape index (κ2) is 40.6. The standard InChI is InChI=1S/C72H92N10O17/c1-71(2,3)98-61(87)43-57(68(93)78-55(64(73)89)41-47-23-11-7-12-24-47)79-66(91)54(80-69(94)97-45-49-25-13-8-14-26-49)32-22-40-75-59(85)34-20-19-33-58(84)74-39-21-31-53(77-67(92)56(81-70(95)99-72(4,5)6)42-48-35-37-52(83)38-36-48)65(90)76-44-62(88)96-46-60(86)82-63(50-27-15-9-16-28-50)51-29-17-10-18-30-51/h7-18,23-30,35-38,53-57,63,83H,19-22,31-34,39-46H2,1-6H3,(H2,73,89)(H,74,84)(H,75,85)(H,76,90)(H,77,92)(H,78,93)(H,79,91)(H,80,94)(H,81,95)(H,82,86)/t53-,54-,55-,56-,57-/m0/s1. The Morgan fingerprint density at radius 2 is 0.869 bits per heavy atom. The van der Waals surface area contributed by atoms with Crippen molar-refractivity contribution in [3.05, 3.63) is 173 Å². The Hall–Kier alpha value is -10.9. The molecule has 0 unspecified atom stereocenters. The molecule has 99 heavy (non-hydrogen) atoms. The lowest BCUT2D eigenvalue weighted by Crippen LogP contribution is -2.57. The van der Waals surface area contributed by atoms with Gasteiger partial charge in [-0.2, -0.15) is 0 Å². The molecular weight excluding hydrogens is 1280 g/mol. The maximum absolute atomic E-state index is 14.1. The minimum absolute atomic E-state index is 0.00285. The van der Waals surface area contributed by atoms with Gasteiger partial charge in [0.05, 0.1) is 12.5 Å². The van der Waals surface area contributed by atoms with Gasteiger partial charge in [-0.1, -0.05) is 133 Å². The third-order valence-electron chi connectivity index (χ3n) is 14.6. The van der Waals surface area contributed by atoms with Crippen LogP contribution in [0.1, 0.15) is 133 Å². The first kappa shape index (κ1) is 78.8. The number of unbranched alkanes of at least 4 members (excludes halogenated alkanes) is 1. The number of aromatic hydroxyl groups is 1. The Morgan fingerprint density at radius 3 is 1.39 bits per heavy atom. The molecule has 0 aromatic heterocycles. The van der Waals surface area contributed by atoms with Crippen LogP contribution in [0.15, 0.2) is 146 Å². The molecule has 0 aliphatic heterocycles. The van der Waals surface area contributed by atoms with E-state index in [1.54, 1.807) is 114 Å². The van der Waals surface area contributed by atoms with Crippen molar-refractivity contribution in [2.24, 2.45) is 5.73 Å². The fourth-order valence-corrected chi connectivity index (χ4v) is 9.77. The SMILES string of the molecule is CC(C)(C)OC(=O)C[C@H](NC(=O)[C@H](CCCNC(=O)CCCCC(=O)NCCC[C@H](NC(=O)[C@H](Cc1ccc(O)cc1)NC(=O)OC(C)(C)C)C(=O)NCC(=O)OCC(=O)NC(c1ccccc1)c1ccccc1)NC(=O)OCc1ccccc1)C(=O)N[C@@H](Cc1ccccc1)C(N)=O. The lowest BCUT2D eigenvalue weighted by molar-refractivity contribution is -0.156. The first-order valence-corrected chi connectivity index (χ1v) is 32.7. The number of nitrogens with one attached hydrogen (secondary N) is 9. The number of hydrogen-bond acceptors (Lipinski definition) is 17. The van der Waals surface area contributed by atoms with Crippen LogP contribution in [-0.4, -0.2) is 144 Å². The molecule has 5 atom stereocenters. The lowest BCUT2D eigenvalue weighted by atomic mass is 9.99. The van der Waals surface area contributed by atoms with Crippen LogP contribution in [0.4, 0.5) is 9.59 Å². The van der Waals surface area contributed by atoms with Gasteiger partial charge >= 0.3 is 24.1 Å². The van der Waals surface area contributed by atoms with Crippen molar-refractivity contribution in [1.29, 1.82) is 0 Å². The van der Waals surface area contributed by atoms with E-state index >= 15 is 0 Å². The number of amides is 10. The summed E-state index contributed by atoms with van der Waals surface area (Å²) in [5.74, 6) is -7.58. The number of ether oxygens (including phenoxy) is 4. The fourth-order valence-electron chi connectivity index (χ4n) is 9.77. The van der Waals surface area contributed by atoms with E-state index in [4.69, 9.17) is 24.7 Å². The first-order chi connectivity index (χ1) is 47.1. The molecule has 0 saturated heterocycles. The second-order valence-corrected chi connectivity index (χ2v) is 25.3. The summed E-state index contributed by atoms with van der Waals surface area (Å²) in [4.78, 5) is 160. The molecule has 0 saturated carbocycles. The van der Waals surface area contributed by atoms with Crippen molar-refractivity contribution >= 4 is 71.4 Å². The highest BCUT2D eigenvalue weighted by Gasteiger charge is 2.34. The summed E-state index contributed by atoms with van der Waals surface area (Å²) in [6.07, 6.45) is -2.03. The number of benzene rings is 5. The number of phenols is 1. The van der Waals surface area contributed by atoms with E-state index < -0.39 is 127 Å². The van der Waals surface area contributed by atoms with Crippen LogP contribution in [0.3, 0.4) is 0 Å². The predicted octanol–water partition coefficient (Wildman–Crippen LogP) is 4.96. The minimum atomic E-state index is -1.61. The van der Waals surface area contributed by atoms with Gasteiger partial charge < -0.3 is 77.6 Å². The van der Waals surface area contributed by atoms with Crippen LogP contribution in [0, 0.1) is 0 Å². The van der Waals surface area contributed by atoms with E-state index in [1.165, 1.54) is 12.1 Å². The lowest BCUT2D eigenvalue weighted by Gasteiger charge is -2.26. The predicted molar refractivity (Wildman–Crippen MR) is 364 cm³/mol. The highest BCUT2D eigenvalue weighted by molar-refractivity contribution is 5.96. The Bertz CT molecular complexity index is 3420. The maximum atomic E-state index is 14.1. The summed E-state index contributed by atoms with van der Waals surface area (Å²) >= 11 is 0. The average molecular weight is 1370 g/mol. The summed E-state index contributed by atoms with van der Waals surface area (Å²) in [5.41, 5.74) is 7.19. The largest absolute Gasteiger partial charge is 0.508 e. The number of hydrogen-bond donors (Lipinski definition) is 11. The molecule has 10 amide bonds. The topological polar surface area (TPSA) is 396 Å². The fraction of sp³-hybridized carbons (Fsp3) is 0.417. The average Bonchev–Trinajstić information content (AvgIpc) is 0.877. The normalized spacial score (nSPS) is 12.6. The Labute approximate surface area is 575 Å². The third-order valence-corrected chi connectivity index (χ3v) is 14.6. The maximum Gasteiger partial charge on any atom is 0.408 e. The third kappa shape index (κ3) is 31.7. The highest BCUT2D eigenvalue weighted by Crippen LogP contribution is 2.22. The number of carbonyl (C=O) groups excluding carboxylic acids is 12. The Kier molecular flexibility index (Phi) is 32.4. The van der Waals surface area contributed by atoms with Crippen LogP contribution in [0.25, 0.3) is 0 Å². The van der Waals surface area contributed by atoms with E-state index in [1.807, 2.05) is 60.7 Å². The Morgan fingerprint density at radius 1 is 0.424 bits per heavy atom. The summed E-state index contributed by atoms with van der Waals surface area (Å²) in [6.45, 7) is 8.28. The zero-order valence-corrected chi connectivity index (χ0v) is 56.7. The molecule has 532 valence electrons. The monoisotopic (exact) mass is 1370 g/mol. The number of nitrogens with two attached hydrogens (primary N) is 1.